The van der Waals surface area contributed by atoms with E-state index in [1.165, 1.54) is 6.07 Å². The van der Waals surface area contributed by atoms with E-state index in [4.69, 9.17) is 11.6 Å². The fourth-order valence-corrected chi connectivity index (χ4v) is 2.99. The van der Waals surface area contributed by atoms with E-state index in [0.717, 1.165) is 22.1 Å². The number of rotatable bonds is 4. The van der Waals surface area contributed by atoms with Gasteiger partial charge in [0.1, 0.15) is 5.82 Å². The molecular formula is C16H16BrClFN. The molecule has 1 N–H and O–H groups in total. The molecule has 0 aliphatic carbocycles. The van der Waals surface area contributed by atoms with E-state index in [0.29, 0.717) is 10.6 Å². The monoisotopic (exact) mass is 355 g/mol. The number of nitrogens with one attached hydrogen (secondary N) is 1. The van der Waals surface area contributed by atoms with E-state index in [-0.39, 0.29) is 11.9 Å². The second-order valence-corrected chi connectivity index (χ2v) is 6.00. The topological polar surface area (TPSA) is 12.0 Å². The van der Waals surface area contributed by atoms with Gasteiger partial charge in [-0.15, -0.1) is 0 Å². The lowest BCUT2D eigenvalue weighted by Gasteiger charge is -2.21. The van der Waals surface area contributed by atoms with Gasteiger partial charge in [0.25, 0.3) is 0 Å². The molecule has 0 saturated heterocycles. The van der Waals surface area contributed by atoms with Gasteiger partial charge in [-0.2, -0.15) is 0 Å². The van der Waals surface area contributed by atoms with Crippen molar-refractivity contribution in [3.63, 3.8) is 0 Å². The fourth-order valence-electron chi connectivity index (χ4n) is 2.21. The van der Waals surface area contributed by atoms with Crippen molar-refractivity contribution in [1.82, 2.24) is 5.32 Å². The summed E-state index contributed by atoms with van der Waals surface area (Å²) in [6, 6.07) is 10.5. The Bertz CT molecular complexity index is 615. The average molecular weight is 357 g/mol. The minimum atomic E-state index is -0.250. The maximum absolute atomic E-state index is 14.1. The quantitative estimate of drug-likeness (QED) is 0.789. The molecule has 0 aromatic heterocycles. The molecule has 0 amide bonds. The van der Waals surface area contributed by atoms with Crippen LogP contribution in [0.4, 0.5) is 4.39 Å². The standard InChI is InChI=1S/C16H16BrClFN/c1-3-20-16(12-6-5-11(17)9-14(12)18)13-8-10(2)4-7-15(13)19/h4-9,16,20H,3H2,1-2H3. The van der Waals surface area contributed by atoms with Crippen molar-refractivity contribution in [1.29, 1.82) is 0 Å². The van der Waals surface area contributed by atoms with Crippen LogP contribution in [0.3, 0.4) is 0 Å². The van der Waals surface area contributed by atoms with Gasteiger partial charge < -0.3 is 5.32 Å². The summed E-state index contributed by atoms with van der Waals surface area (Å²) < 4.78 is 15.1. The fraction of sp³-hybridized carbons (Fsp3) is 0.250. The van der Waals surface area contributed by atoms with Crippen LogP contribution in [-0.4, -0.2) is 6.54 Å². The van der Waals surface area contributed by atoms with Gasteiger partial charge in [0.2, 0.25) is 0 Å². The van der Waals surface area contributed by atoms with Gasteiger partial charge >= 0.3 is 0 Å². The van der Waals surface area contributed by atoms with Crippen molar-refractivity contribution >= 4 is 27.5 Å². The summed E-state index contributed by atoms with van der Waals surface area (Å²) in [4.78, 5) is 0. The Hall–Kier alpha value is -0.900. The molecule has 0 fully saturated rings. The summed E-state index contributed by atoms with van der Waals surface area (Å²) in [7, 11) is 0. The summed E-state index contributed by atoms with van der Waals surface area (Å²) in [6.45, 7) is 4.67. The van der Waals surface area contributed by atoms with Crippen LogP contribution in [0.1, 0.15) is 29.7 Å². The van der Waals surface area contributed by atoms with Crippen LogP contribution < -0.4 is 5.32 Å². The lowest BCUT2D eigenvalue weighted by molar-refractivity contribution is 0.558. The Morgan fingerprint density at radius 3 is 2.60 bits per heavy atom. The first kappa shape index (κ1) is 15.5. The molecule has 0 radical (unpaired) electrons. The van der Waals surface area contributed by atoms with Gasteiger partial charge in [-0.25, -0.2) is 4.39 Å². The van der Waals surface area contributed by atoms with Crippen LogP contribution in [-0.2, 0) is 0 Å². The van der Waals surface area contributed by atoms with E-state index in [1.807, 2.05) is 38.1 Å². The van der Waals surface area contributed by atoms with Gasteiger partial charge in [-0.05, 0) is 37.2 Å². The van der Waals surface area contributed by atoms with Crippen molar-refractivity contribution in [3.8, 4) is 0 Å². The van der Waals surface area contributed by atoms with E-state index in [9.17, 15) is 4.39 Å². The van der Waals surface area contributed by atoms with Gasteiger partial charge in [0.05, 0.1) is 6.04 Å². The molecule has 1 nitrogen and oxygen atoms in total. The molecule has 0 heterocycles. The van der Waals surface area contributed by atoms with Crippen molar-refractivity contribution in [2.24, 2.45) is 0 Å². The van der Waals surface area contributed by atoms with Gasteiger partial charge in [0, 0.05) is 15.1 Å². The lowest BCUT2D eigenvalue weighted by atomic mass is 9.96. The number of benzene rings is 2. The Balaban J connectivity index is 2.53. The third-order valence-electron chi connectivity index (χ3n) is 3.14. The number of halogens is 3. The van der Waals surface area contributed by atoms with Crippen molar-refractivity contribution in [2.45, 2.75) is 19.9 Å². The predicted molar refractivity (Wildman–Crippen MR) is 85.8 cm³/mol. The van der Waals surface area contributed by atoms with Crippen LogP contribution in [0.5, 0.6) is 0 Å². The van der Waals surface area contributed by atoms with Crippen LogP contribution in [0.25, 0.3) is 0 Å². The second kappa shape index (κ2) is 6.70. The van der Waals surface area contributed by atoms with Gasteiger partial charge in [0.15, 0.2) is 0 Å². The highest BCUT2D eigenvalue weighted by Crippen LogP contribution is 2.32. The van der Waals surface area contributed by atoms with Gasteiger partial charge in [-0.3, -0.25) is 0 Å². The Labute approximate surface area is 132 Å². The highest BCUT2D eigenvalue weighted by Gasteiger charge is 2.19. The maximum atomic E-state index is 14.1. The highest BCUT2D eigenvalue weighted by molar-refractivity contribution is 9.10. The van der Waals surface area contributed by atoms with E-state index in [2.05, 4.69) is 21.2 Å². The molecule has 0 aliphatic heterocycles. The second-order valence-electron chi connectivity index (χ2n) is 4.68. The third-order valence-corrected chi connectivity index (χ3v) is 3.96. The summed E-state index contributed by atoms with van der Waals surface area (Å²) in [6.07, 6.45) is 0. The zero-order chi connectivity index (χ0) is 14.7. The molecule has 1 unspecified atom stereocenters. The molecule has 4 heteroatoms. The third kappa shape index (κ3) is 3.40. The number of aryl methyl sites for hydroxylation is 1. The summed E-state index contributed by atoms with van der Waals surface area (Å²) in [5.41, 5.74) is 2.52. The molecule has 0 aliphatic rings. The Morgan fingerprint density at radius 1 is 1.20 bits per heavy atom. The maximum Gasteiger partial charge on any atom is 0.128 e. The van der Waals surface area contributed by atoms with Crippen LogP contribution >= 0.6 is 27.5 Å². The Morgan fingerprint density at radius 2 is 1.95 bits per heavy atom. The molecule has 2 rings (SSSR count). The molecule has 0 bridgehead atoms. The summed E-state index contributed by atoms with van der Waals surface area (Å²) >= 11 is 9.70. The first-order valence-corrected chi connectivity index (χ1v) is 7.64. The lowest BCUT2D eigenvalue weighted by Crippen LogP contribution is -2.23. The van der Waals surface area contributed by atoms with E-state index >= 15 is 0 Å². The number of hydrogen-bond acceptors (Lipinski definition) is 1. The molecule has 20 heavy (non-hydrogen) atoms. The van der Waals surface area contributed by atoms with E-state index < -0.39 is 0 Å². The summed E-state index contributed by atoms with van der Waals surface area (Å²) in [5, 5.41) is 3.92. The zero-order valence-corrected chi connectivity index (χ0v) is 13.7. The van der Waals surface area contributed by atoms with Gasteiger partial charge in [-0.1, -0.05) is 58.2 Å². The minimum absolute atomic E-state index is 0.222. The molecule has 2 aromatic carbocycles. The van der Waals surface area contributed by atoms with Crippen LogP contribution in [0.2, 0.25) is 5.02 Å². The smallest absolute Gasteiger partial charge is 0.128 e. The largest absolute Gasteiger partial charge is 0.306 e. The predicted octanol–water partition coefficient (Wildman–Crippen LogP) is 5.25. The van der Waals surface area contributed by atoms with Crippen LogP contribution in [0.15, 0.2) is 40.9 Å². The SMILES string of the molecule is CCNC(c1cc(C)ccc1F)c1ccc(Br)cc1Cl. The molecule has 0 spiro atoms. The molecule has 106 valence electrons. The average Bonchev–Trinajstić information content (AvgIpc) is 2.40. The van der Waals surface area contributed by atoms with Crippen molar-refractivity contribution < 1.29 is 4.39 Å². The molecule has 1 atom stereocenters. The van der Waals surface area contributed by atoms with E-state index in [1.54, 1.807) is 6.07 Å². The highest BCUT2D eigenvalue weighted by atomic mass is 79.9. The zero-order valence-electron chi connectivity index (χ0n) is 11.4. The molecule has 2 aromatic rings. The van der Waals surface area contributed by atoms with Crippen LogP contribution in [0, 0.1) is 12.7 Å². The number of hydrogen-bond donors (Lipinski definition) is 1. The Kier molecular flexibility index (Phi) is 5.19. The normalized spacial score (nSPS) is 12.4. The first-order chi connectivity index (χ1) is 9.52. The molecular weight excluding hydrogens is 341 g/mol. The first-order valence-electron chi connectivity index (χ1n) is 6.47. The summed E-state index contributed by atoms with van der Waals surface area (Å²) in [5.74, 6) is -0.222. The minimum Gasteiger partial charge on any atom is -0.306 e. The van der Waals surface area contributed by atoms with Crippen molar-refractivity contribution in [3.05, 3.63) is 68.4 Å². The van der Waals surface area contributed by atoms with Crippen molar-refractivity contribution in [2.75, 3.05) is 6.54 Å². The molecule has 0 saturated carbocycles.